The summed E-state index contributed by atoms with van der Waals surface area (Å²) in [6, 6.07) is 8.03. The average molecular weight is 284 g/mol. The summed E-state index contributed by atoms with van der Waals surface area (Å²) in [6.45, 7) is 2.44. The lowest BCUT2D eigenvalue weighted by atomic mass is 9.87. The van der Waals surface area contributed by atoms with Crippen molar-refractivity contribution in [1.82, 2.24) is 9.88 Å². The summed E-state index contributed by atoms with van der Waals surface area (Å²) >= 11 is 0. The molecule has 1 aromatic carbocycles. The van der Waals surface area contributed by atoms with Crippen LogP contribution in [0.3, 0.4) is 0 Å². The largest absolute Gasteiger partial charge is 0.369 e. The fourth-order valence-electron chi connectivity index (χ4n) is 3.50. The number of hydrogen-bond acceptors (Lipinski definition) is 3. The molecule has 1 aliphatic rings. The Bertz CT molecular complexity index is 717. The van der Waals surface area contributed by atoms with Crippen LogP contribution in [0.1, 0.15) is 24.2 Å². The second kappa shape index (κ2) is 5.00. The van der Waals surface area contributed by atoms with Crippen molar-refractivity contribution in [2.75, 3.05) is 6.54 Å². The molecule has 21 heavy (non-hydrogen) atoms. The molecule has 2 aromatic rings. The fraction of sp³-hybridized carbons (Fsp3) is 0.375. The maximum absolute atomic E-state index is 11.8. The number of nitrogens with zero attached hydrogens (tertiary/aromatic N) is 1. The zero-order chi connectivity index (χ0) is 15.1. The van der Waals surface area contributed by atoms with Gasteiger partial charge in [-0.15, -0.1) is 0 Å². The third kappa shape index (κ3) is 2.05. The second-order valence-corrected chi connectivity index (χ2v) is 5.68. The number of carbonyl (C=O) groups excluding carboxylic acids is 1. The van der Waals surface area contributed by atoms with Gasteiger partial charge < -0.3 is 21.0 Å². The first-order chi connectivity index (χ1) is 10.0. The smallest absolute Gasteiger partial charge is 0.228 e. The molecule has 2 heterocycles. The Balaban J connectivity index is 2.22. The van der Waals surface area contributed by atoms with Crippen LogP contribution in [-0.2, 0) is 18.3 Å². The lowest BCUT2D eigenvalue weighted by Crippen LogP contribution is -2.44. The van der Waals surface area contributed by atoms with E-state index in [1.165, 1.54) is 10.9 Å². The number of primary amides is 1. The molecule has 2 atom stereocenters. The van der Waals surface area contributed by atoms with Gasteiger partial charge in [0.15, 0.2) is 0 Å². The van der Waals surface area contributed by atoms with Crippen molar-refractivity contribution >= 4 is 22.5 Å². The maximum Gasteiger partial charge on any atom is 0.228 e. The number of rotatable bonds is 3. The first-order valence-corrected chi connectivity index (χ1v) is 7.16. The van der Waals surface area contributed by atoms with Gasteiger partial charge >= 0.3 is 0 Å². The van der Waals surface area contributed by atoms with Crippen LogP contribution in [0.25, 0.3) is 10.9 Å². The number of amides is 1. The van der Waals surface area contributed by atoms with Crippen molar-refractivity contribution in [3.05, 3.63) is 35.5 Å². The molecule has 110 valence electrons. The van der Waals surface area contributed by atoms with Crippen LogP contribution in [0.15, 0.2) is 24.3 Å². The van der Waals surface area contributed by atoms with E-state index in [4.69, 9.17) is 11.1 Å². The number of carbonyl (C=O) groups is 1. The highest BCUT2D eigenvalue weighted by molar-refractivity contribution is 6.02. The van der Waals surface area contributed by atoms with Gasteiger partial charge in [-0.3, -0.25) is 4.79 Å². The van der Waals surface area contributed by atoms with Crippen LogP contribution in [0, 0.1) is 11.3 Å². The van der Waals surface area contributed by atoms with Gasteiger partial charge in [-0.1, -0.05) is 18.2 Å². The van der Waals surface area contributed by atoms with Crippen molar-refractivity contribution in [1.29, 1.82) is 5.41 Å². The minimum Gasteiger partial charge on any atom is -0.369 e. The quantitative estimate of drug-likeness (QED) is 0.746. The molecule has 1 aromatic heterocycles. The standard InChI is InChI=1S/C16H20N4O/c1-9(17)13(16(18)21)14-15-11(7-8-19-14)10-5-3-4-6-12(10)20(15)2/h3-6,13-14,17,19H,7-8H2,1-2H3,(H2,18,21). The molecular weight excluding hydrogens is 264 g/mol. The molecule has 5 heteroatoms. The Morgan fingerprint density at radius 2 is 2.19 bits per heavy atom. The SMILES string of the molecule is CC(=N)C(C(N)=O)C1NCCc2c1n(C)c1ccccc21. The number of benzene rings is 1. The van der Waals surface area contributed by atoms with Gasteiger partial charge in [0.2, 0.25) is 5.91 Å². The molecule has 0 aliphatic carbocycles. The van der Waals surface area contributed by atoms with E-state index in [0.717, 1.165) is 24.2 Å². The summed E-state index contributed by atoms with van der Waals surface area (Å²) in [5, 5.41) is 12.5. The summed E-state index contributed by atoms with van der Waals surface area (Å²) in [4.78, 5) is 11.8. The third-order valence-electron chi connectivity index (χ3n) is 4.40. The molecule has 1 amide bonds. The minimum absolute atomic E-state index is 0.221. The summed E-state index contributed by atoms with van der Waals surface area (Å²) in [5.41, 5.74) is 9.35. The lowest BCUT2D eigenvalue weighted by Gasteiger charge is -2.31. The Labute approximate surface area is 123 Å². The van der Waals surface area contributed by atoms with Gasteiger partial charge in [0.05, 0.1) is 12.0 Å². The van der Waals surface area contributed by atoms with E-state index in [9.17, 15) is 4.79 Å². The highest BCUT2D eigenvalue weighted by Gasteiger charge is 2.35. The molecule has 1 aliphatic heterocycles. The monoisotopic (exact) mass is 284 g/mol. The predicted molar refractivity (Wildman–Crippen MR) is 83.5 cm³/mol. The van der Waals surface area contributed by atoms with Crippen molar-refractivity contribution in [2.45, 2.75) is 19.4 Å². The van der Waals surface area contributed by atoms with Crippen LogP contribution < -0.4 is 11.1 Å². The molecule has 2 unspecified atom stereocenters. The Morgan fingerprint density at radius 1 is 1.48 bits per heavy atom. The molecule has 4 N–H and O–H groups in total. The molecule has 0 fully saturated rings. The Hall–Kier alpha value is -2.14. The van der Waals surface area contributed by atoms with Gasteiger partial charge in [-0.05, 0) is 31.5 Å². The lowest BCUT2D eigenvalue weighted by molar-refractivity contribution is -0.120. The van der Waals surface area contributed by atoms with Crippen LogP contribution in [-0.4, -0.2) is 22.7 Å². The normalized spacial score (nSPS) is 19.2. The number of nitrogens with two attached hydrogens (primary N) is 1. The maximum atomic E-state index is 11.8. The molecule has 5 nitrogen and oxygen atoms in total. The zero-order valence-corrected chi connectivity index (χ0v) is 12.3. The van der Waals surface area contributed by atoms with Crippen molar-refractivity contribution < 1.29 is 4.79 Å². The Kier molecular flexibility index (Phi) is 3.29. The second-order valence-electron chi connectivity index (χ2n) is 5.68. The van der Waals surface area contributed by atoms with E-state index in [1.54, 1.807) is 6.92 Å². The van der Waals surface area contributed by atoms with Gasteiger partial charge in [-0.2, -0.15) is 0 Å². The van der Waals surface area contributed by atoms with Crippen molar-refractivity contribution in [3.63, 3.8) is 0 Å². The summed E-state index contributed by atoms with van der Waals surface area (Å²) in [7, 11) is 2.01. The Morgan fingerprint density at radius 3 is 2.86 bits per heavy atom. The fourth-order valence-corrected chi connectivity index (χ4v) is 3.50. The van der Waals surface area contributed by atoms with Crippen LogP contribution >= 0.6 is 0 Å². The first kappa shape index (κ1) is 13.8. The van der Waals surface area contributed by atoms with E-state index in [2.05, 4.69) is 22.0 Å². The van der Waals surface area contributed by atoms with E-state index >= 15 is 0 Å². The highest BCUT2D eigenvalue weighted by atomic mass is 16.1. The van der Waals surface area contributed by atoms with Crippen LogP contribution in [0.4, 0.5) is 0 Å². The van der Waals surface area contributed by atoms with Gasteiger partial charge in [0.1, 0.15) is 0 Å². The van der Waals surface area contributed by atoms with Gasteiger partial charge in [0, 0.05) is 29.4 Å². The number of aromatic nitrogens is 1. The molecule has 0 saturated heterocycles. The third-order valence-corrected chi connectivity index (χ3v) is 4.40. The van der Waals surface area contributed by atoms with E-state index in [1.807, 2.05) is 19.2 Å². The summed E-state index contributed by atoms with van der Waals surface area (Å²) < 4.78 is 2.13. The zero-order valence-electron chi connectivity index (χ0n) is 12.3. The average Bonchev–Trinajstić information content (AvgIpc) is 2.73. The molecule has 0 bridgehead atoms. The summed E-state index contributed by atoms with van der Waals surface area (Å²) in [5.74, 6) is -1.05. The number of hydrogen-bond donors (Lipinski definition) is 3. The van der Waals surface area contributed by atoms with E-state index < -0.39 is 11.8 Å². The van der Waals surface area contributed by atoms with Crippen LogP contribution in [0.5, 0.6) is 0 Å². The molecule has 3 rings (SSSR count). The molecule has 0 saturated carbocycles. The van der Waals surface area contributed by atoms with Gasteiger partial charge in [0.25, 0.3) is 0 Å². The minimum atomic E-state index is -0.605. The van der Waals surface area contributed by atoms with Crippen LogP contribution in [0.2, 0.25) is 0 Å². The molecule has 0 spiro atoms. The first-order valence-electron chi connectivity index (χ1n) is 7.16. The highest BCUT2D eigenvalue weighted by Crippen LogP contribution is 2.35. The number of aryl methyl sites for hydroxylation is 1. The van der Waals surface area contributed by atoms with Crippen molar-refractivity contribution in [2.24, 2.45) is 18.7 Å². The molecule has 0 radical (unpaired) electrons. The summed E-state index contributed by atoms with van der Waals surface area (Å²) in [6.07, 6.45) is 0.926. The van der Waals surface area contributed by atoms with Gasteiger partial charge in [-0.25, -0.2) is 0 Å². The number of nitrogens with one attached hydrogen (secondary N) is 2. The number of para-hydroxylation sites is 1. The number of fused-ring (bicyclic) bond motifs is 3. The van der Waals surface area contributed by atoms with E-state index in [0.29, 0.717) is 5.71 Å². The van der Waals surface area contributed by atoms with E-state index in [-0.39, 0.29) is 6.04 Å². The molecular formula is C16H20N4O. The predicted octanol–water partition coefficient (Wildman–Crippen LogP) is 1.51. The topological polar surface area (TPSA) is 83.9 Å². The van der Waals surface area contributed by atoms with Crippen molar-refractivity contribution in [3.8, 4) is 0 Å².